The number of para-hydroxylation sites is 2. The van der Waals surface area contributed by atoms with Crippen molar-refractivity contribution in [1.82, 2.24) is 0 Å². The second-order valence-corrected chi connectivity index (χ2v) is 5.05. The van der Waals surface area contributed by atoms with Crippen molar-refractivity contribution in [3.8, 4) is 5.75 Å². The van der Waals surface area contributed by atoms with E-state index in [-0.39, 0.29) is 10.6 Å². The Morgan fingerprint density at radius 2 is 2.00 bits per heavy atom. The zero-order valence-corrected chi connectivity index (χ0v) is 11.8. The lowest BCUT2D eigenvalue weighted by atomic mass is 9.99. The van der Waals surface area contributed by atoms with E-state index < -0.39 is 0 Å². The molecule has 0 saturated carbocycles. The molecule has 108 valence electrons. The van der Waals surface area contributed by atoms with Gasteiger partial charge in [0.05, 0.1) is 12.0 Å². The second-order valence-electron chi connectivity index (χ2n) is 5.05. The number of rotatable bonds is 3. The van der Waals surface area contributed by atoms with Crippen LogP contribution in [0.4, 0.5) is 11.4 Å². The van der Waals surface area contributed by atoms with Gasteiger partial charge in [-0.3, -0.25) is 10.1 Å². The normalized spacial score (nSPS) is 13.7. The number of benzene rings is 2. The monoisotopic (exact) mass is 284 g/mol. The number of fused-ring (bicyclic) bond motifs is 1. The maximum Gasteiger partial charge on any atom is 0.292 e. The Kier molecular flexibility index (Phi) is 3.48. The highest BCUT2D eigenvalue weighted by Gasteiger charge is 2.23. The van der Waals surface area contributed by atoms with Crippen molar-refractivity contribution in [3.05, 3.63) is 63.7 Å². The zero-order valence-electron chi connectivity index (χ0n) is 11.8. The molecule has 0 radical (unpaired) electrons. The average molecular weight is 284 g/mol. The van der Waals surface area contributed by atoms with E-state index in [1.807, 2.05) is 24.3 Å². The first-order chi connectivity index (χ1) is 10.2. The van der Waals surface area contributed by atoms with E-state index in [4.69, 9.17) is 4.74 Å². The molecule has 0 bridgehead atoms. The molecule has 0 unspecified atom stereocenters. The third kappa shape index (κ3) is 2.54. The van der Waals surface area contributed by atoms with Gasteiger partial charge in [-0.15, -0.1) is 0 Å². The van der Waals surface area contributed by atoms with Crippen LogP contribution in [0, 0.1) is 10.1 Å². The minimum atomic E-state index is -0.323. The smallest absolute Gasteiger partial charge is 0.292 e. The minimum Gasteiger partial charge on any atom is -0.497 e. The first-order valence-electron chi connectivity index (χ1n) is 6.83. The highest BCUT2D eigenvalue weighted by atomic mass is 16.6. The third-order valence-electron chi connectivity index (χ3n) is 3.84. The van der Waals surface area contributed by atoms with Gasteiger partial charge in [-0.2, -0.15) is 0 Å². The summed E-state index contributed by atoms with van der Waals surface area (Å²) in [5.74, 6) is 0.818. The first kappa shape index (κ1) is 13.4. The summed E-state index contributed by atoms with van der Waals surface area (Å²) in [6.07, 6.45) is 0.880. The number of hydrogen-bond acceptors (Lipinski definition) is 4. The molecular formula is C16H16N2O3. The van der Waals surface area contributed by atoms with Crippen LogP contribution in [0.5, 0.6) is 5.75 Å². The number of ether oxygens (including phenoxy) is 1. The number of methoxy groups -OCH3 is 1. The van der Waals surface area contributed by atoms with Crippen LogP contribution >= 0.6 is 0 Å². The predicted octanol–water partition coefficient (Wildman–Crippen LogP) is 3.17. The van der Waals surface area contributed by atoms with Crippen LogP contribution < -0.4 is 9.64 Å². The van der Waals surface area contributed by atoms with E-state index >= 15 is 0 Å². The molecule has 3 rings (SSSR count). The van der Waals surface area contributed by atoms with Crippen LogP contribution in [0.15, 0.2) is 42.5 Å². The largest absolute Gasteiger partial charge is 0.497 e. The summed E-state index contributed by atoms with van der Waals surface area (Å²) in [7, 11) is 1.64. The van der Waals surface area contributed by atoms with E-state index in [2.05, 4.69) is 11.0 Å². The van der Waals surface area contributed by atoms with Gasteiger partial charge < -0.3 is 9.64 Å². The maximum absolute atomic E-state index is 11.2. The Balaban J connectivity index is 1.94. The van der Waals surface area contributed by atoms with E-state index in [1.165, 1.54) is 11.1 Å². The summed E-state index contributed by atoms with van der Waals surface area (Å²) in [4.78, 5) is 12.9. The van der Waals surface area contributed by atoms with Crippen LogP contribution in [0.2, 0.25) is 0 Å². The summed E-state index contributed by atoms with van der Waals surface area (Å²) >= 11 is 0. The number of anilines is 1. The summed E-state index contributed by atoms with van der Waals surface area (Å²) in [5, 5.41) is 11.2. The fourth-order valence-corrected chi connectivity index (χ4v) is 2.75. The molecule has 0 fully saturated rings. The number of nitrogens with zero attached hydrogens (tertiary/aromatic N) is 2. The van der Waals surface area contributed by atoms with Crippen molar-refractivity contribution in [3.63, 3.8) is 0 Å². The fourth-order valence-electron chi connectivity index (χ4n) is 2.75. The van der Waals surface area contributed by atoms with Crippen molar-refractivity contribution in [2.45, 2.75) is 13.0 Å². The summed E-state index contributed by atoms with van der Waals surface area (Å²) in [6.45, 7) is 1.45. The van der Waals surface area contributed by atoms with Gasteiger partial charge in [0.15, 0.2) is 0 Å². The van der Waals surface area contributed by atoms with Crippen LogP contribution in [-0.2, 0) is 13.0 Å². The topological polar surface area (TPSA) is 55.6 Å². The predicted molar refractivity (Wildman–Crippen MR) is 80.8 cm³/mol. The molecule has 2 aromatic rings. The molecule has 0 aromatic heterocycles. The van der Waals surface area contributed by atoms with Crippen LogP contribution in [0.3, 0.4) is 0 Å². The fraction of sp³-hybridized carbons (Fsp3) is 0.250. The lowest BCUT2D eigenvalue weighted by Gasteiger charge is -2.30. The molecular weight excluding hydrogens is 268 g/mol. The molecule has 0 saturated heterocycles. The van der Waals surface area contributed by atoms with Gasteiger partial charge in [-0.25, -0.2) is 0 Å². The van der Waals surface area contributed by atoms with Gasteiger partial charge >= 0.3 is 0 Å². The molecule has 5 nitrogen and oxygen atoms in total. The summed E-state index contributed by atoms with van der Waals surface area (Å²) in [5.41, 5.74) is 3.28. The molecule has 0 spiro atoms. The second kappa shape index (κ2) is 5.44. The Morgan fingerprint density at radius 1 is 1.19 bits per heavy atom. The molecule has 1 aliphatic rings. The highest BCUT2D eigenvalue weighted by molar-refractivity contribution is 5.64. The molecule has 5 heteroatoms. The number of hydrogen-bond donors (Lipinski definition) is 0. The lowest BCUT2D eigenvalue weighted by Crippen LogP contribution is -2.30. The van der Waals surface area contributed by atoms with Crippen molar-refractivity contribution in [2.75, 3.05) is 18.6 Å². The van der Waals surface area contributed by atoms with E-state index in [9.17, 15) is 10.1 Å². The SMILES string of the molecule is COc1ccc2c(c1)CN(c1ccccc1[N+](=O)[O-])CC2. The Morgan fingerprint density at radius 3 is 2.76 bits per heavy atom. The van der Waals surface area contributed by atoms with E-state index in [0.29, 0.717) is 12.2 Å². The van der Waals surface area contributed by atoms with Crippen LogP contribution in [-0.4, -0.2) is 18.6 Å². The van der Waals surface area contributed by atoms with Gasteiger partial charge in [0.2, 0.25) is 0 Å². The van der Waals surface area contributed by atoms with Crippen molar-refractivity contribution >= 4 is 11.4 Å². The standard InChI is InChI=1S/C16H16N2O3/c1-21-14-7-6-12-8-9-17(11-13(12)10-14)15-4-2-3-5-16(15)18(19)20/h2-7,10H,8-9,11H2,1H3. The van der Waals surface area contributed by atoms with Crippen molar-refractivity contribution in [1.29, 1.82) is 0 Å². The minimum absolute atomic E-state index is 0.156. The number of nitro groups is 1. The Labute approximate surface area is 122 Å². The molecule has 1 aliphatic heterocycles. The average Bonchev–Trinajstić information content (AvgIpc) is 2.53. The van der Waals surface area contributed by atoms with Crippen molar-refractivity contribution < 1.29 is 9.66 Å². The summed E-state index contributed by atoms with van der Waals surface area (Å²) in [6, 6.07) is 12.9. The first-order valence-corrected chi connectivity index (χ1v) is 6.83. The Hall–Kier alpha value is -2.56. The molecule has 0 aliphatic carbocycles. The molecule has 2 aromatic carbocycles. The van der Waals surface area contributed by atoms with Gasteiger partial charge in [0.1, 0.15) is 11.4 Å². The molecule has 21 heavy (non-hydrogen) atoms. The highest BCUT2D eigenvalue weighted by Crippen LogP contribution is 2.32. The number of nitro benzene ring substituents is 1. The third-order valence-corrected chi connectivity index (χ3v) is 3.84. The van der Waals surface area contributed by atoms with Gasteiger partial charge in [-0.05, 0) is 35.7 Å². The van der Waals surface area contributed by atoms with Gasteiger partial charge in [0, 0.05) is 19.2 Å². The quantitative estimate of drug-likeness (QED) is 0.641. The Bertz CT molecular complexity index is 685. The molecule has 1 heterocycles. The van der Waals surface area contributed by atoms with Gasteiger partial charge in [0.25, 0.3) is 5.69 Å². The summed E-state index contributed by atoms with van der Waals surface area (Å²) < 4.78 is 5.26. The van der Waals surface area contributed by atoms with E-state index in [1.54, 1.807) is 19.2 Å². The van der Waals surface area contributed by atoms with Crippen LogP contribution in [0.1, 0.15) is 11.1 Å². The molecule has 0 N–H and O–H groups in total. The van der Waals surface area contributed by atoms with Crippen LogP contribution in [0.25, 0.3) is 0 Å². The van der Waals surface area contributed by atoms with Gasteiger partial charge in [-0.1, -0.05) is 18.2 Å². The molecule has 0 atom stereocenters. The molecule has 0 amide bonds. The lowest BCUT2D eigenvalue weighted by molar-refractivity contribution is -0.384. The van der Waals surface area contributed by atoms with Crippen molar-refractivity contribution in [2.24, 2.45) is 0 Å². The van der Waals surface area contributed by atoms with E-state index in [0.717, 1.165) is 18.7 Å². The maximum atomic E-state index is 11.2. The zero-order chi connectivity index (χ0) is 14.8.